The lowest BCUT2D eigenvalue weighted by atomic mass is 9.95. The molecule has 154 valence electrons. The highest BCUT2D eigenvalue weighted by molar-refractivity contribution is 5.85. The molecular formula is C23H31N5O. The van der Waals surface area contributed by atoms with Gasteiger partial charge in [0.15, 0.2) is 5.82 Å². The molecule has 1 amide bonds. The van der Waals surface area contributed by atoms with Crippen molar-refractivity contribution in [2.75, 3.05) is 11.4 Å². The van der Waals surface area contributed by atoms with Gasteiger partial charge in [0.25, 0.3) is 0 Å². The SMILES string of the molecule is CCN(c1nc(-c2ccccn2)nc2c1CCC2)[C@H](C)C(=O)NC1CCCCC1. The second kappa shape index (κ2) is 8.89. The molecule has 2 heterocycles. The Labute approximate surface area is 173 Å². The maximum Gasteiger partial charge on any atom is 0.242 e. The maximum atomic E-state index is 13.0. The molecule has 0 bridgehead atoms. The van der Waals surface area contributed by atoms with Gasteiger partial charge < -0.3 is 10.2 Å². The van der Waals surface area contributed by atoms with Crippen molar-refractivity contribution in [1.29, 1.82) is 0 Å². The fourth-order valence-corrected chi connectivity index (χ4v) is 4.58. The minimum Gasteiger partial charge on any atom is -0.352 e. The molecule has 1 atom stereocenters. The lowest BCUT2D eigenvalue weighted by molar-refractivity contribution is -0.123. The zero-order valence-electron chi connectivity index (χ0n) is 17.5. The van der Waals surface area contributed by atoms with E-state index in [9.17, 15) is 4.79 Å². The number of anilines is 1. The van der Waals surface area contributed by atoms with Crippen LogP contribution in [0.25, 0.3) is 11.5 Å². The molecule has 6 nitrogen and oxygen atoms in total. The molecule has 4 rings (SSSR count). The van der Waals surface area contributed by atoms with E-state index in [0.717, 1.165) is 55.9 Å². The smallest absolute Gasteiger partial charge is 0.242 e. The summed E-state index contributed by atoms with van der Waals surface area (Å²) in [5.41, 5.74) is 3.08. The molecule has 1 N–H and O–H groups in total. The van der Waals surface area contributed by atoms with Crippen molar-refractivity contribution in [3.8, 4) is 11.5 Å². The van der Waals surface area contributed by atoms with E-state index in [0.29, 0.717) is 11.9 Å². The van der Waals surface area contributed by atoms with Crippen LogP contribution < -0.4 is 10.2 Å². The highest BCUT2D eigenvalue weighted by atomic mass is 16.2. The number of aryl methyl sites for hydroxylation is 1. The molecule has 2 aromatic heterocycles. The third kappa shape index (κ3) is 4.26. The van der Waals surface area contributed by atoms with Gasteiger partial charge in [-0.3, -0.25) is 9.78 Å². The van der Waals surface area contributed by atoms with Crippen LogP contribution >= 0.6 is 0 Å². The van der Waals surface area contributed by atoms with Crippen molar-refractivity contribution in [3.63, 3.8) is 0 Å². The summed E-state index contributed by atoms with van der Waals surface area (Å²) in [4.78, 5) is 29.3. The fourth-order valence-electron chi connectivity index (χ4n) is 4.58. The van der Waals surface area contributed by atoms with E-state index in [1.165, 1.54) is 24.8 Å². The van der Waals surface area contributed by atoms with E-state index in [1.807, 2.05) is 25.1 Å². The minimum atomic E-state index is -0.266. The number of likely N-dealkylation sites (N-methyl/N-ethyl adjacent to an activating group) is 1. The van der Waals surface area contributed by atoms with Crippen molar-refractivity contribution in [2.24, 2.45) is 0 Å². The van der Waals surface area contributed by atoms with Crippen molar-refractivity contribution >= 4 is 11.7 Å². The van der Waals surface area contributed by atoms with Gasteiger partial charge in [0, 0.05) is 30.0 Å². The van der Waals surface area contributed by atoms with Gasteiger partial charge in [0.1, 0.15) is 17.6 Å². The average Bonchev–Trinajstić information content (AvgIpc) is 3.24. The molecule has 1 fully saturated rings. The van der Waals surface area contributed by atoms with Crippen LogP contribution in [-0.4, -0.2) is 39.5 Å². The molecule has 1 saturated carbocycles. The summed E-state index contributed by atoms with van der Waals surface area (Å²) in [5, 5.41) is 3.28. The largest absolute Gasteiger partial charge is 0.352 e. The maximum absolute atomic E-state index is 13.0. The van der Waals surface area contributed by atoms with Crippen LogP contribution in [0, 0.1) is 0 Å². The Morgan fingerprint density at radius 3 is 2.72 bits per heavy atom. The number of aromatic nitrogens is 3. The summed E-state index contributed by atoms with van der Waals surface area (Å²) in [7, 11) is 0. The normalized spacial score (nSPS) is 17.6. The molecule has 29 heavy (non-hydrogen) atoms. The topological polar surface area (TPSA) is 71.0 Å². The van der Waals surface area contributed by atoms with Gasteiger partial charge >= 0.3 is 0 Å². The zero-order valence-corrected chi connectivity index (χ0v) is 17.5. The number of pyridine rings is 1. The van der Waals surface area contributed by atoms with E-state index in [1.54, 1.807) is 6.20 Å². The summed E-state index contributed by atoms with van der Waals surface area (Å²) in [5.74, 6) is 1.66. The third-order valence-corrected chi connectivity index (χ3v) is 6.22. The monoisotopic (exact) mass is 393 g/mol. The van der Waals surface area contributed by atoms with Gasteiger partial charge in [-0.1, -0.05) is 25.3 Å². The highest BCUT2D eigenvalue weighted by Crippen LogP contribution is 2.32. The predicted octanol–water partition coefficient (Wildman–Crippen LogP) is 3.69. The number of carbonyl (C=O) groups is 1. The number of fused-ring (bicyclic) bond motifs is 1. The number of carbonyl (C=O) groups excluding carboxylic acids is 1. The summed E-state index contributed by atoms with van der Waals surface area (Å²) < 4.78 is 0. The number of nitrogens with zero attached hydrogens (tertiary/aromatic N) is 4. The number of nitrogens with one attached hydrogen (secondary N) is 1. The van der Waals surface area contributed by atoms with Crippen LogP contribution in [-0.2, 0) is 17.6 Å². The molecule has 0 aromatic carbocycles. The molecule has 2 aromatic rings. The predicted molar refractivity (Wildman–Crippen MR) is 115 cm³/mol. The Kier molecular flexibility index (Phi) is 6.07. The van der Waals surface area contributed by atoms with Crippen LogP contribution in [0.15, 0.2) is 24.4 Å². The summed E-state index contributed by atoms with van der Waals surface area (Å²) in [6, 6.07) is 5.84. The lowest BCUT2D eigenvalue weighted by Crippen LogP contribution is -2.49. The van der Waals surface area contributed by atoms with Crippen LogP contribution in [0.4, 0.5) is 5.82 Å². The molecule has 0 radical (unpaired) electrons. The van der Waals surface area contributed by atoms with Gasteiger partial charge in [0.2, 0.25) is 5.91 Å². The first-order valence-electron chi connectivity index (χ1n) is 11.1. The molecule has 2 aliphatic rings. The van der Waals surface area contributed by atoms with E-state index in [2.05, 4.69) is 22.1 Å². The Balaban J connectivity index is 1.62. The van der Waals surface area contributed by atoms with Gasteiger partial charge in [-0.25, -0.2) is 9.97 Å². The van der Waals surface area contributed by atoms with E-state index < -0.39 is 0 Å². The molecule has 0 unspecified atom stereocenters. The van der Waals surface area contributed by atoms with Gasteiger partial charge in [-0.05, 0) is 58.1 Å². The first-order chi connectivity index (χ1) is 14.2. The summed E-state index contributed by atoms with van der Waals surface area (Å²) in [6.07, 6.45) is 10.7. The van der Waals surface area contributed by atoms with Crippen LogP contribution in [0.2, 0.25) is 0 Å². The quantitative estimate of drug-likeness (QED) is 0.810. The number of hydrogen-bond donors (Lipinski definition) is 1. The van der Waals surface area contributed by atoms with Crippen molar-refractivity contribution in [1.82, 2.24) is 20.3 Å². The standard InChI is InChI=1S/C23H31N5O/c1-3-28(16(2)23(29)25-17-10-5-4-6-11-17)22-18-12-9-14-19(18)26-21(27-22)20-13-7-8-15-24-20/h7-8,13,15-17H,3-6,9-12,14H2,1-2H3,(H,25,29)/t16-/m1/s1. The molecule has 6 heteroatoms. The Bertz CT molecular complexity index is 848. The second-order valence-electron chi connectivity index (χ2n) is 8.17. The number of hydrogen-bond acceptors (Lipinski definition) is 5. The van der Waals surface area contributed by atoms with Crippen molar-refractivity contribution < 1.29 is 4.79 Å². The number of amides is 1. The van der Waals surface area contributed by atoms with Gasteiger partial charge in [-0.15, -0.1) is 0 Å². The van der Waals surface area contributed by atoms with Gasteiger partial charge in [-0.2, -0.15) is 0 Å². The van der Waals surface area contributed by atoms with Crippen LogP contribution in [0.5, 0.6) is 0 Å². The van der Waals surface area contributed by atoms with Crippen molar-refractivity contribution in [3.05, 3.63) is 35.7 Å². The highest BCUT2D eigenvalue weighted by Gasteiger charge is 2.29. The Morgan fingerprint density at radius 1 is 1.17 bits per heavy atom. The average molecular weight is 394 g/mol. The first kappa shape index (κ1) is 19.8. The summed E-state index contributed by atoms with van der Waals surface area (Å²) in [6.45, 7) is 4.81. The van der Waals surface area contributed by atoms with Crippen LogP contribution in [0.1, 0.15) is 63.6 Å². The molecule has 0 aliphatic heterocycles. The summed E-state index contributed by atoms with van der Waals surface area (Å²) >= 11 is 0. The van der Waals surface area contributed by atoms with Gasteiger partial charge in [0.05, 0.1) is 0 Å². The Morgan fingerprint density at radius 2 is 2.00 bits per heavy atom. The first-order valence-corrected chi connectivity index (χ1v) is 11.1. The minimum absolute atomic E-state index is 0.100. The molecule has 0 saturated heterocycles. The van der Waals surface area contributed by atoms with E-state index >= 15 is 0 Å². The zero-order chi connectivity index (χ0) is 20.2. The molecule has 0 spiro atoms. The second-order valence-corrected chi connectivity index (χ2v) is 8.17. The molecular weight excluding hydrogens is 362 g/mol. The lowest BCUT2D eigenvalue weighted by Gasteiger charge is -2.32. The van der Waals surface area contributed by atoms with Crippen LogP contribution in [0.3, 0.4) is 0 Å². The molecule has 2 aliphatic carbocycles. The Hall–Kier alpha value is -2.50. The van der Waals surface area contributed by atoms with E-state index in [4.69, 9.17) is 9.97 Å². The number of rotatable bonds is 6. The van der Waals surface area contributed by atoms with Crippen molar-refractivity contribution in [2.45, 2.75) is 77.3 Å². The van der Waals surface area contributed by atoms with E-state index in [-0.39, 0.29) is 11.9 Å². The third-order valence-electron chi connectivity index (χ3n) is 6.22. The fraction of sp³-hybridized carbons (Fsp3) is 0.565.